The lowest BCUT2D eigenvalue weighted by Gasteiger charge is -2.12. The smallest absolute Gasteiger partial charge is 0.407 e. The van der Waals surface area contributed by atoms with Gasteiger partial charge in [-0.2, -0.15) is 0 Å². The van der Waals surface area contributed by atoms with E-state index in [2.05, 4.69) is 102 Å². The largest absolute Gasteiger partial charge is 0.453 e. The normalized spacial score (nSPS) is 18.7. The summed E-state index contributed by atoms with van der Waals surface area (Å²) >= 11 is 2.26. The molecule has 46 heavy (non-hydrogen) atoms. The number of rotatable bonds is 13. The molecule has 3 unspecified atom stereocenters. The number of alkyl carbamates (subject to hydrolysis) is 1. The number of ether oxygens (including phenoxy) is 2. The third kappa shape index (κ3) is 8.06. The summed E-state index contributed by atoms with van der Waals surface area (Å²) in [6.45, 7) is 2.95. The highest BCUT2D eigenvalue weighted by atomic mass is 127. The second-order valence-electron chi connectivity index (χ2n) is 11.8. The Hall–Kier alpha value is -3.52. The Labute approximate surface area is 283 Å². The van der Waals surface area contributed by atoms with Crippen molar-refractivity contribution in [2.24, 2.45) is 0 Å². The van der Waals surface area contributed by atoms with E-state index in [1.54, 1.807) is 0 Å². The molecule has 3 atom stereocenters. The molecule has 4 aromatic rings. The monoisotopic (exact) mass is 735 g/mol. The van der Waals surface area contributed by atoms with E-state index in [0.29, 0.717) is 25.7 Å². The van der Waals surface area contributed by atoms with Gasteiger partial charge in [0.25, 0.3) is 0 Å². The van der Waals surface area contributed by atoms with Gasteiger partial charge in [-0.1, -0.05) is 83.3 Å². The van der Waals surface area contributed by atoms with Crippen molar-refractivity contribution >= 4 is 28.7 Å². The van der Waals surface area contributed by atoms with Gasteiger partial charge in [-0.15, -0.1) is 0 Å². The highest BCUT2D eigenvalue weighted by molar-refractivity contribution is 14.1. The van der Waals surface area contributed by atoms with Crippen molar-refractivity contribution in [1.82, 2.24) is 35.9 Å². The summed E-state index contributed by atoms with van der Waals surface area (Å²) in [5, 5.41) is 9.89. The molecule has 10 nitrogen and oxygen atoms in total. The second-order valence-corrected chi connectivity index (χ2v) is 12.7. The van der Waals surface area contributed by atoms with E-state index < -0.39 is 6.09 Å². The van der Waals surface area contributed by atoms with Crippen molar-refractivity contribution in [3.05, 3.63) is 84.2 Å². The molecule has 2 aromatic heterocycles. The number of hydrogen-bond donors (Lipinski definition) is 5. The first-order chi connectivity index (χ1) is 22.6. The first kappa shape index (κ1) is 32.4. The molecular formula is C35H42IN7O3. The molecule has 5 N–H and O–H groups in total. The maximum absolute atomic E-state index is 11.5. The minimum Gasteiger partial charge on any atom is -0.453 e. The number of nitrogens with zero attached hydrogens (tertiary/aromatic N) is 2. The molecule has 2 aromatic carbocycles. The van der Waals surface area contributed by atoms with Gasteiger partial charge >= 0.3 is 6.09 Å². The Morgan fingerprint density at radius 1 is 0.935 bits per heavy atom. The number of nitrogens with one attached hydrogen (secondary N) is 5. The van der Waals surface area contributed by atoms with Crippen LogP contribution in [0.25, 0.3) is 33.6 Å². The van der Waals surface area contributed by atoms with Crippen molar-refractivity contribution in [1.29, 1.82) is 0 Å². The standard InChI is InChI=1S/C35H42IN7O3/c1-45-35(44)40-27(20-36)6-2-3-19-46-22-31-32(43-34(42-31)29-8-5-18-38-29)26-15-11-24(12-16-26)23-9-13-25(14-10-23)30-21-39-33(41-30)28-7-4-17-37-28/h2-3,9-16,21,27-29,37-38H,4-8,17-20,22H2,1H3,(H,39,41)(H,40,44)(H,42,43)/b3-2+. The van der Waals surface area contributed by atoms with Gasteiger partial charge in [0.15, 0.2) is 0 Å². The lowest BCUT2D eigenvalue weighted by molar-refractivity contribution is 0.146. The number of amides is 1. The maximum atomic E-state index is 11.5. The molecule has 0 radical (unpaired) electrons. The van der Waals surface area contributed by atoms with Gasteiger partial charge in [0.1, 0.15) is 11.6 Å². The second kappa shape index (κ2) is 15.9. The van der Waals surface area contributed by atoms with Crippen LogP contribution in [0.1, 0.15) is 61.5 Å². The molecule has 242 valence electrons. The van der Waals surface area contributed by atoms with E-state index in [0.717, 1.165) is 87.8 Å². The highest BCUT2D eigenvalue weighted by Gasteiger charge is 2.23. The molecule has 4 heterocycles. The number of H-pyrrole nitrogens is 2. The Balaban J connectivity index is 1.10. The Morgan fingerprint density at radius 3 is 2.22 bits per heavy atom. The zero-order valence-corrected chi connectivity index (χ0v) is 28.3. The van der Waals surface area contributed by atoms with E-state index in [4.69, 9.17) is 14.5 Å². The number of halogens is 1. The highest BCUT2D eigenvalue weighted by Crippen LogP contribution is 2.31. The Kier molecular flexibility index (Phi) is 11.2. The van der Waals surface area contributed by atoms with Crippen LogP contribution >= 0.6 is 22.6 Å². The van der Waals surface area contributed by atoms with Gasteiger partial charge in [0, 0.05) is 16.0 Å². The first-order valence-electron chi connectivity index (χ1n) is 16.1. The Morgan fingerprint density at radius 2 is 1.59 bits per heavy atom. The average Bonchev–Trinajstić information content (AvgIpc) is 3.93. The number of aromatic nitrogens is 4. The van der Waals surface area contributed by atoms with Crippen LogP contribution in [0.15, 0.2) is 66.9 Å². The molecule has 0 aliphatic carbocycles. The quantitative estimate of drug-likeness (QED) is 0.0453. The van der Waals surface area contributed by atoms with Crippen molar-refractivity contribution in [3.63, 3.8) is 0 Å². The third-order valence-corrected chi connectivity index (χ3v) is 9.67. The fourth-order valence-corrected chi connectivity index (χ4v) is 6.62. The summed E-state index contributed by atoms with van der Waals surface area (Å²) in [5.74, 6) is 1.99. The fourth-order valence-electron chi connectivity index (χ4n) is 6.04. The van der Waals surface area contributed by atoms with E-state index >= 15 is 0 Å². The molecule has 2 aliphatic heterocycles. The number of methoxy groups -OCH3 is 1. The molecule has 2 fully saturated rings. The number of alkyl halides is 1. The van der Waals surface area contributed by atoms with Crippen LogP contribution in [-0.4, -0.2) is 63.3 Å². The number of imidazole rings is 2. The van der Waals surface area contributed by atoms with E-state index in [1.807, 2.05) is 18.3 Å². The first-order valence-corrected chi connectivity index (χ1v) is 17.6. The molecule has 2 aliphatic rings. The van der Waals surface area contributed by atoms with Crippen LogP contribution < -0.4 is 16.0 Å². The molecule has 0 spiro atoms. The number of aromatic amines is 2. The molecule has 6 rings (SSSR count). The van der Waals surface area contributed by atoms with Gasteiger partial charge in [-0.05, 0) is 61.9 Å². The van der Waals surface area contributed by atoms with Crippen molar-refractivity contribution in [2.75, 3.05) is 31.2 Å². The Bertz CT molecular complexity index is 1590. The van der Waals surface area contributed by atoms with Gasteiger partial charge in [0.05, 0.1) is 55.7 Å². The van der Waals surface area contributed by atoms with Crippen LogP contribution in [-0.2, 0) is 16.1 Å². The minimum absolute atomic E-state index is 0.0226. The van der Waals surface area contributed by atoms with E-state index in [9.17, 15) is 4.79 Å². The summed E-state index contributed by atoms with van der Waals surface area (Å²) < 4.78 is 11.5. The number of hydrogen-bond acceptors (Lipinski definition) is 7. The molecule has 1 amide bonds. The SMILES string of the molecule is COC(=O)NC(CI)C/C=C/COCc1[nH]c(C2CCCN2)nc1-c1ccc(-c2ccc(-c3cnc(C4CCCN4)[nH]3)cc2)cc1. The van der Waals surface area contributed by atoms with Gasteiger partial charge in [0.2, 0.25) is 0 Å². The number of benzene rings is 2. The summed E-state index contributed by atoms with van der Waals surface area (Å²) in [4.78, 5) is 28.2. The van der Waals surface area contributed by atoms with Crippen LogP contribution in [0.5, 0.6) is 0 Å². The van der Waals surface area contributed by atoms with E-state index in [-0.39, 0.29) is 12.1 Å². The fraction of sp³-hybridized carbons (Fsp3) is 0.400. The van der Waals surface area contributed by atoms with Gasteiger partial charge in [-0.25, -0.2) is 14.8 Å². The molecule has 11 heteroatoms. The zero-order valence-electron chi connectivity index (χ0n) is 26.2. The van der Waals surface area contributed by atoms with E-state index in [1.165, 1.54) is 13.5 Å². The zero-order chi connectivity index (χ0) is 31.7. The molecule has 0 saturated carbocycles. The summed E-state index contributed by atoms with van der Waals surface area (Å²) in [6.07, 6.45) is 10.8. The predicted molar refractivity (Wildman–Crippen MR) is 189 cm³/mol. The van der Waals surface area contributed by atoms with Crippen LogP contribution in [0, 0.1) is 0 Å². The average molecular weight is 736 g/mol. The summed E-state index contributed by atoms with van der Waals surface area (Å²) in [6, 6.07) is 17.8. The lowest BCUT2D eigenvalue weighted by atomic mass is 10.0. The van der Waals surface area contributed by atoms with Gasteiger partial charge in [-0.3, -0.25) is 0 Å². The van der Waals surface area contributed by atoms with Crippen molar-refractivity contribution in [3.8, 4) is 33.6 Å². The van der Waals surface area contributed by atoms with Crippen LogP contribution in [0.2, 0.25) is 0 Å². The topological polar surface area (TPSA) is 129 Å². The lowest BCUT2D eigenvalue weighted by Crippen LogP contribution is -2.35. The van der Waals surface area contributed by atoms with Crippen LogP contribution in [0.3, 0.4) is 0 Å². The van der Waals surface area contributed by atoms with Gasteiger partial charge < -0.3 is 35.4 Å². The van der Waals surface area contributed by atoms with Crippen molar-refractivity contribution in [2.45, 2.75) is 56.8 Å². The van der Waals surface area contributed by atoms with Crippen molar-refractivity contribution < 1.29 is 14.3 Å². The van der Waals surface area contributed by atoms with Crippen LogP contribution in [0.4, 0.5) is 4.79 Å². The maximum Gasteiger partial charge on any atom is 0.407 e. The summed E-state index contributed by atoms with van der Waals surface area (Å²) in [5.41, 5.74) is 7.43. The number of carbonyl (C=O) groups excluding carboxylic acids is 1. The summed E-state index contributed by atoms with van der Waals surface area (Å²) in [7, 11) is 1.38. The molecule has 0 bridgehead atoms. The molecule has 2 saturated heterocycles. The minimum atomic E-state index is -0.410. The molecular weight excluding hydrogens is 693 g/mol. The third-order valence-electron chi connectivity index (χ3n) is 8.60. The number of carbonyl (C=O) groups is 1. The predicted octanol–water partition coefficient (Wildman–Crippen LogP) is 6.61.